The van der Waals surface area contributed by atoms with E-state index < -0.39 is 0 Å². The van der Waals surface area contributed by atoms with Gasteiger partial charge < -0.3 is 14.2 Å². The van der Waals surface area contributed by atoms with Crippen molar-refractivity contribution in [3.05, 3.63) is 58.7 Å². The molecule has 4 aliphatic carbocycles. The van der Waals surface area contributed by atoms with Gasteiger partial charge in [-0.2, -0.15) is 0 Å². The first-order valence-electron chi connectivity index (χ1n) is 15.0. The first-order chi connectivity index (χ1) is 17.6. The van der Waals surface area contributed by atoms with E-state index in [4.69, 9.17) is 14.2 Å². The molecule has 0 radical (unpaired) electrons. The minimum absolute atomic E-state index is 0.126. The highest BCUT2D eigenvalue weighted by Crippen LogP contribution is 2.66. The van der Waals surface area contributed by atoms with Crippen LogP contribution in [-0.4, -0.2) is 25.1 Å². The smallest absolute Gasteiger partial charge is 0.155 e. The molecule has 1 aromatic rings. The normalized spacial score (nSPS) is 36.3. The summed E-state index contributed by atoms with van der Waals surface area (Å²) < 4.78 is 18.7. The molecule has 7 atom stereocenters. The van der Waals surface area contributed by atoms with Gasteiger partial charge in [-0.05, 0) is 111 Å². The molecule has 0 aromatic heterocycles. The molecule has 0 saturated heterocycles. The van der Waals surface area contributed by atoms with Gasteiger partial charge in [-0.15, -0.1) is 0 Å². The number of allylic oxidation sites excluding steroid dienone is 4. The Balaban J connectivity index is 1.34. The summed E-state index contributed by atoms with van der Waals surface area (Å²) in [6.07, 6.45) is 11.5. The summed E-state index contributed by atoms with van der Waals surface area (Å²) in [5, 5.41) is 0. The first-order valence-corrected chi connectivity index (χ1v) is 15.0. The van der Waals surface area contributed by atoms with Crippen LogP contribution in [0, 0.1) is 28.1 Å². The fraction of sp³-hybridized carbons (Fsp3) is 0.706. The van der Waals surface area contributed by atoms with Gasteiger partial charge in [0, 0.05) is 6.61 Å². The van der Waals surface area contributed by atoms with Crippen molar-refractivity contribution < 1.29 is 14.2 Å². The molecule has 4 aliphatic rings. The third-order valence-electron chi connectivity index (χ3n) is 11.1. The molecule has 6 unspecified atom stereocenters. The number of benzene rings is 1. The van der Waals surface area contributed by atoms with Crippen LogP contribution in [0.3, 0.4) is 0 Å². The van der Waals surface area contributed by atoms with Crippen molar-refractivity contribution in [1.82, 2.24) is 0 Å². The second-order valence-corrected chi connectivity index (χ2v) is 13.4. The highest BCUT2D eigenvalue weighted by Gasteiger charge is 2.58. The quantitative estimate of drug-likeness (QED) is 0.330. The fourth-order valence-electron chi connectivity index (χ4n) is 9.08. The number of rotatable bonds is 8. The van der Waals surface area contributed by atoms with Gasteiger partial charge in [-0.25, -0.2) is 0 Å². The van der Waals surface area contributed by atoms with E-state index in [9.17, 15) is 0 Å². The molecule has 5 rings (SSSR count). The molecule has 1 saturated carbocycles. The van der Waals surface area contributed by atoms with Crippen molar-refractivity contribution in [2.45, 2.75) is 119 Å². The Bertz CT molecular complexity index is 1020. The lowest BCUT2D eigenvalue weighted by atomic mass is 9.46. The molecule has 3 heteroatoms. The Morgan fingerprint density at radius 3 is 2.41 bits per heavy atom. The molecule has 0 N–H and O–H groups in total. The highest BCUT2D eigenvalue weighted by molar-refractivity contribution is 5.50. The monoisotopic (exact) mass is 506 g/mol. The van der Waals surface area contributed by atoms with Crippen molar-refractivity contribution in [3.8, 4) is 0 Å². The minimum Gasteiger partial charge on any atom is -0.373 e. The van der Waals surface area contributed by atoms with Gasteiger partial charge in [-0.3, -0.25) is 0 Å². The van der Waals surface area contributed by atoms with Crippen LogP contribution in [-0.2, 0) is 20.8 Å². The van der Waals surface area contributed by atoms with Crippen LogP contribution in [0.1, 0.15) is 99.0 Å². The van der Waals surface area contributed by atoms with E-state index in [1.807, 2.05) is 6.92 Å². The van der Waals surface area contributed by atoms with Crippen LogP contribution in [0.15, 0.2) is 53.1 Å². The zero-order chi connectivity index (χ0) is 26.4. The topological polar surface area (TPSA) is 27.7 Å². The molecule has 0 spiro atoms. The zero-order valence-corrected chi connectivity index (χ0v) is 24.4. The van der Waals surface area contributed by atoms with Crippen molar-refractivity contribution >= 4 is 0 Å². The van der Waals surface area contributed by atoms with Crippen molar-refractivity contribution in [2.24, 2.45) is 28.1 Å². The van der Waals surface area contributed by atoms with E-state index >= 15 is 0 Å². The number of hydrogen-bond donors (Lipinski definition) is 0. The lowest BCUT2D eigenvalue weighted by Crippen LogP contribution is -2.54. The maximum atomic E-state index is 6.49. The van der Waals surface area contributed by atoms with E-state index in [1.165, 1.54) is 37.7 Å². The summed E-state index contributed by atoms with van der Waals surface area (Å²) in [5.41, 5.74) is 7.11. The molecule has 0 amide bonds. The average molecular weight is 507 g/mol. The largest absolute Gasteiger partial charge is 0.373 e. The average Bonchev–Trinajstić information content (AvgIpc) is 3.22. The maximum Gasteiger partial charge on any atom is 0.155 e. The summed E-state index contributed by atoms with van der Waals surface area (Å²) >= 11 is 0. The third kappa shape index (κ3) is 4.68. The Kier molecular flexibility index (Phi) is 7.55. The van der Waals surface area contributed by atoms with Crippen LogP contribution in [0.5, 0.6) is 0 Å². The van der Waals surface area contributed by atoms with Gasteiger partial charge in [0.25, 0.3) is 0 Å². The standard InChI is InChI=1S/C34H50O3/c1-8-35-24(3)37-31-19-21-34(7)29-18-20-33(6)27(23(2)36-22-25-12-10-9-11-13-25)15-16-28(33)26(29)14-17-30(34)32(31,4)5/h9-13,16,23-24,27,30-31H,8,14-15,17-22H2,1-7H3/t23-,24?,27?,30?,31?,33?,34?/m1/s1. The van der Waals surface area contributed by atoms with Gasteiger partial charge in [0.15, 0.2) is 6.29 Å². The van der Waals surface area contributed by atoms with E-state index in [-0.39, 0.29) is 34.7 Å². The van der Waals surface area contributed by atoms with Crippen LogP contribution >= 0.6 is 0 Å². The molecular weight excluding hydrogens is 456 g/mol. The minimum atomic E-state index is -0.126. The fourth-order valence-corrected chi connectivity index (χ4v) is 9.08. The molecule has 204 valence electrons. The predicted molar refractivity (Wildman–Crippen MR) is 151 cm³/mol. The van der Waals surface area contributed by atoms with Crippen LogP contribution in [0.2, 0.25) is 0 Å². The van der Waals surface area contributed by atoms with Gasteiger partial charge in [0.1, 0.15) is 0 Å². The van der Waals surface area contributed by atoms with Crippen molar-refractivity contribution in [2.75, 3.05) is 6.61 Å². The van der Waals surface area contributed by atoms with Gasteiger partial charge in [0.05, 0.1) is 18.8 Å². The maximum absolute atomic E-state index is 6.49. The third-order valence-corrected chi connectivity index (χ3v) is 11.1. The lowest BCUT2D eigenvalue weighted by Gasteiger charge is -2.60. The van der Waals surface area contributed by atoms with E-state index in [1.54, 1.807) is 16.7 Å². The number of hydrogen-bond acceptors (Lipinski definition) is 3. The SMILES string of the molecule is CCOC(C)OC1CCC2(C)C3=C(CCC2C1(C)C)C1=CCC([C@@H](C)OCc2ccccc2)C1(C)CC3. The summed E-state index contributed by atoms with van der Waals surface area (Å²) in [6, 6.07) is 10.6. The van der Waals surface area contributed by atoms with E-state index in [0.717, 1.165) is 12.8 Å². The zero-order valence-electron chi connectivity index (χ0n) is 24.4. The molecule has 0 heterocycles. The molecule has 1 fully saturated rings. The Labute approximate surface area is 226 Å². The summed E-state index contributed by atoms with van der Waals surface area (Å²) in [6.45, 7) is 17.9. The second-order valence-electron chi connectivity index (χ2n) is 13.4. The molecule has 37 heavy (non-hydrogen) atoms. The Morgan fingerprint density at radius 2 is 1.68 bits per heavy atom. The predicted octanol–water partition coefficient (Wildman–Crippen LogP) is 8.64. The van der Waals surface area contributed by atoms with Gasteiger partial charge >= 0.3 is 0 Å². The van der Waals surface area contributed by atoms with Crippen LogP contribution in [0.4, 0.5) is 0 Å². The Hall–Kier alpha value is -1.42. The van der Waals surface area contributed by atoms with E-state index in [2.05, 4.69) is 78.0 Å². The van der Waals surface area contributed by atoms with Crippen LogP contribution < -0.4 is 0 Å². The summed E-state index contributed by atoms with van der Waals surface area (Å²) in [7, 11) is 0. The second kappa shape index (κ2) is 10.3. The first kappa shape index (κ1) is 27.2. The molecular formula is C34H50O3. The molecule has 3 nitrogen and oxygen atoms in total. The van der Waals surface area contributed by atoms with E-state index in [0.29, 0.717) is 25.0 Å². The Morgan fingerprint density at radius 1 is 0.919 bits per heavy atom. The lowest BCUT2D eigenvalue weighted by molar-refractivity contribution is -0.214. The van der Waals surface area contributed by atoms with Gasteiger partial charge in [0.2, 0.25) is 0 Å². The number of ether oxygens (including phenoxy) is 3. The van der Waals surface area contributed by atoms with Crippen LogP contribution in [0.25, 0.3) is 0 Å². The molecule has 0 bridgehead atoms. The number of fused-ring (bicyclic) bond motifs is 4. The molecule has 0 aliphatic heterocycles. The van der Waals surface area contributed by atoms with Crippen molar-refractivity contribution in [1.29, 1.82) is 0 Å². The highest BCUT2D eigenvalue weighted by atomic mass is 16.7. The summed E-state index contributed by atoms with van der Waals surface area (Å²) in [5.74, 6) is 1.22. The van der Waals surface area contributed by atoms with Crippen molar-refractivity contribution in [3.63, 3.8) is 0 Å². The van der Waals surface area contributed by atoms with Gasteiger partial charge in [-0.1, -0.05) is 69.7 Å². The summed E-state index contributed by atoms with van der Waals surface area (Å²) in [4.78, 5) is 0. The molecule has 1 aromatic carbocycles.